The summed E-state index contributed by atoms with van der Waals surface area (Å²) in [6, 6.07) is -0.612. The second-order valence-electron chi connectivity index (χ2n) is 5.93. The topological polar surface area (TPSA) is 153 Å². The van der Waals surface area contributed by atoms with Gasteiger partial charge in [-0.05, 0) is 25.5 Å². The van der Waals surface area contributed by atoms with E-state index in [0.29, 0.717) is 5.56 Å². The van der Waals surface area contributed by atoms with Crippen molar-refractivity contribution >= 4 is 23.9 Å². The number of pyridine rings is 1. The van der Waals surface area contributed by atoms with Gasteiger partial charge in [0.2, 0.25) is 0 Å². The van der Waals surface area contributed by atoms with Crippen LogP contribution in [-0.4, -0.2) is 65.9 Å². The summed E-state index contributed by atoms with van der Waals surface area (Å²) in [5.74, 6) is -2.64. The maximum atomic E-state index is 12.3. The lowest BCUT2D eigenvalue weighted by Crippen LogP contribution is -2.44. The van der Waals surface area contributed by atoms with Gasteiger partial charge in [0.15, 0.2) is 5.69 Å². The van der Waals surface area contributed by atoms with E-state index in [1.165, 1.54) is 12.3 Å². The molecule has 1 fully saturated rings. The largest absolute Gasteiger partial charge is 0.505 e. The lowest BCUT2D eigenvalue weighted by Gasteiger charge is -2.18. The Morgan fingerprint density at radius 2 is 2.00 bits per heavy atom. The van der Waals surface area contributed by atoms with Crippen LogP contribution in [0.15, 0.2) is 12.3 Å². The molecule has 11 nitrogen and oxygen atoms in total. The van der Waals surface area contributed by atoms with Gasteiger partial charge >= 0.3 is 18.0 Å². The van der Waals surface area contributed by atoms with Gasteiger partial charge in [-0.25, -0.2) is 14.6 Å². The fourth-order valence-electron chi connectivity index (χ4n) is 2.31. The molecule has 1 unspecified atom stereocenters. The average molecular weight is 395 g/mol. The first-order valence-corrected chi connectivity index (χ1v) is 8.52. The van der Waals surface area contributed by atoms with Gasteiger partial charge in [-0.1, -0.05) is 0 Å². The second-order valence-corrected chi connectivity index (χ2v) is 5.93. The highest BCUT2D eigenvalue weighted by Gasteiger charge is 2.30. The molecule has 0 aromatic carbocycles. The van der Waals surface area contributed by atoms with Crippen LogP contribution in [-0.2, 0) is 23.8 Å². The Morgan fingerprint density at radius 1 is 1.29 bits per heavy atom. The first-order chi connectivity index (χ1) is 13.3. The number of aromatic hydroxyl groups is 1. The van der Waals surface area contributed by atoms with Gasteiger partial charge in [0.05, 0.1) is 19.1 Å². The number of amides is 2. The molecule has 152 valence electrons. The van der Waals surface area contributed by atoms with Crippen LogP contribution in [0.5, 0.6) is 5.75 Å². The zero-order valence-electron chi connectivity index (χ0n) is 15.4. The predicted octanol–water partition coefficient (Wildman–Crippen LogP) is -0.201. The summed E-state index contributed by atoms with van der Waals surface area (Å²) in [6.07, 6.45) is 0.0412. The highest BCUT2D eigenvalue weighted by molar-refractivity contribution is 5.95. The summed E-state index contributed by atoms with van der Waals surface area (Å²) in [5.41, 5.74) is 0.250. The van der Waals surface area contributed by atoms with Crippen molar-refractivity contribution in [3.8, 4) is 5.75 Å². The Labute approximate surface area is 160 Å². The number of aromatic nitrogens is 1. The van der Waals surface area contributed by atoms with Gasteiger partial charge in [0.25, 0.3) is 5.91 Å². The number of nitrogens with zero attached hydrogens (tertiary/aromatic N) is 1. The number of alkyl carbamates (subject to hydrolysis) is 1. The highest BCUT2D eigenvalue weighted by Crippen LogP contribution is 2.19. The average Bonchev–Trinajstić information content (AvgIpc) is 2.70. The van der Waals surface area contributed by atoms with Gasteiger partial charge in [0.1, 0.15) is 25.0 Å². The standard InChI is InChI=1S/C17H21N3O8/c1-3-26-17(25)20-11-6-12(21)27-7-10(8-28-16(11)24)19-15(23)13-14(22)9(2)4-5-18-13/h4-5,10-11,22H,3,6-8H2,1-2H3,(H,19,23)(H,20,25)/t10?,11-/m0/s1. The van der Waals surface area contributed by atoms with Gasteiger partial charge in [-0.2, -0.15) is 0 Å². The van der Waals surface area contributed by atoms with E-state index in [0.717, 1.165) is 0 Å². The van der Waals surface area contributed by atoms with E-state index < -0.39 is 42.4 Å². The number of cyclic esters (lactones) is 2. The summed E-state index contributed by atoms with van der Waals surface area (Å²) >= 11 is 0. The van der Waals surface area contributed by atoms with Crippen LogP contribution < -0.4 is 10.6 Å². The van der Waals surface area contributed by atoms with Gasteiger partial charge < -0.3 is 30.0 Å². The summed E-state index contributed by atoms with van der Waals surface area (Å²) in [6.45, 7) is 2.70. The number of carbonyl (C=O) groups excluding carboxylic acids is 4. The lowest BCUT2D eigenvalue weighted by molar-refractivity contribution is -0.149. The molecule has 2 rings (SSSR count). The number of nitrogens with one attached hydrogen (secondary N) is 2. The predicted molar refractivity (Wildman–Crippen MR) is 92.4 cm³/mol. The molecule has 1 aromatic rings. The first kappa shape index (κ1) is 20.9. The molecule has 2 heterocycles. The normalized spacial score (nSPS) is 19.9. The molecule has 11 heteroatoms. The van der Waals surface area contributed by atoms with E-state index in [9.17, 15) is 24.3 Å². The van der Waals surface area contributed by atoms with Crippen molar-refractivity contribution in [3.63, 3.8) is 0 Å². The van der Waals surface area contributed by atoms with Crippen LogP contribution in [0.3, 0.4) is 0 Å². The molecular weight excluding hydrogens is 374 g/mol. The third kappa shape index (κ3) is 5.56. The van der Waals surface area contributed by atoms with Gasteiger partial charge in [-0.15, -0.1) is 0 Å². The van der Waals surface area contributed by atoms with E-state index in [4.69, 9.17) is 9.47 Å². The summed E-state index contributed by atoms with van der Waals surface area (Å²) < 4.78 is 14.8. The molecule has 3 N–H and O–H groups in total. The molecule has 1 aliphatic rings. The molecule has 1 aromatic heterocycles. The van der Waals surface area contributed by atoms with Crippen molar-refractivity contribution in [2.24, 2.45) is 0 Å². The van der Waals surface area contributed by atoms with Gasteiger partial charge in [0, 0.05) is 6.20 Å². The third-order valence-electron chi connectivity index (χ3n) is 3.77. The van der Waals surface area contributed by atoms with Crippen LogP contribution in [0.25, 0.3) is 0 Å². The highest BCUT2D eigenvalue weighted by atomic mass is 16.6. The van der Waals surface area contributed by atoms with Crippen LogP contribution in [0.4, 0.5) is 4.79 Å². The quantitative estimate of drug-likeness (QED) is 0.464. The number of rotatable bonds is 4. The monoisotopic (exact) mass is 395 g/mol. The zero-order chi connectivity index (χ0) is 20.7. The van der Waals surface area contributed by atoms with Crippen LogP contribution in [0.2, 0.25) is 0 Å². The Morgan fingerprint density at radius 3 is 2.71 bits per heavy atom. The molecule has 2 amide bonds. The minimum absolute atomic E-state index is 0.0893. The number of hydrogen-bond donors (Lipinski definition) is 3. The number of esters is 2. The van der Waals surface area contributed by atoms with E-state index >= 15 is 0 Å². The fraction of sp³-hybridized carbons (Fsp3) is 0.471. The number of hydrogen-bond acceptors (Lipinski definition) is 9. The third-order valence-corrected chi connectivity index (χ3v) is 3.77. The molecule has 0 saturated carbocycles. The SMILES string of the molecule is CCOC(=O)N[C@H]1CC(=O)OCC(NC(=O)c2nccc(C)c2O)COC1=O. The van der Waals surface area contributed by atoms with Crippen LogP contribution in [0, 0.1) is 6.92 Å². The Bertz CT molecular complexity index is 767. The van der Waals surface area contributed by atoms with Crippen molar-refractivity contribution in [2.45, 2.75) is 32.4 Å². The number of aryl methyl sites for hydroxylation is 1. The van der Waals surface area contributed by atoms with Crippen molar-refractivity contribution < 1.29 is 38.5 Å². The summed E-state index contributed by atoms with van der Waals surface area (Å²) in [7, 11) is 0. The van der Waals surface area contributed by atoms with E-state index in [-0.39, 0.29) is 31.3 Å². The molecule has 2 atom stereocenters. The maximum Gasteiger partial charge on any atom is 0.407 e. The van der Waals surface area contributed by atoms with Gasteiger partial charge in [-0.3, -0.25) is 9.59 Å². The molecule has 0 radical (unpaired) electrons. The second kappa shape index (κ2) is 9.53. The minimum atomic E-state index is -1.27. The van der Waals surface area contributed by atoms with Crippen molar-refractivity contribution in [2.75, 3.05) is 19.8 Å². The molecule has 28 heavy (non-hydrogen) atoms. The van der Waals surface area contributed by atoms with Crippen LogP contribution >= 0.6 is 0 Å². The summed E-state index contributed by atoms with van der Waals surface area (Å²) in [5, 5.41) is 14.7. The lowest BCUT2D eigenvalue weighted by atomic mass is 10.2. The van der Waals surface area contributed by atoms with E-state index in [1.54, 1.807) is 13.8 Å². The molecule has 1 saturated heterocycles. The minimum Gasteiger partial charge on any atom is -0.505 e. The Balaban J connectivity index is 2.04. The number of ether oxygens (including phenoxy) is 3. The zero-order valence-corrected chi connectivity index (χ0v) is 15.4. The van der Waals surface area contributed by atoms with E-state index in [1.807, 2.05) is 0 Å². The number of carbonyl (C=O) groups is 4. The summed E-state index contributed by atoms with van der Waals surface area (Å²) in [4.78, 5) is 51.7. The maximum absolute atomic E-state index is 12.3. The molecule has 1 aliphatic heterocycles. The first-order valence-electron chi connectivity index (χ1n) is 8.52. The Kier molecular flexibility index (Phi) is 7.13. The van der Waals surface area contributed by atoms with E-state index in [2.05, 4.69) is 20.4 Å². The molecule has 0 aliphatic carbocycles. The van der Waals surface area contributed by atoms with Crippen molar-refractivity contribution in [3.05, 3.63) is 23.5 Å². The fourth-order valence-corrected chi connectivity index (χ4v) is 2.31. The molecule has 0 bridgehead atoms. The molecule has 0 spiro atoms. The van der Waals surface area contributed by atoms with Crippen molar-refractivity contribution in [1.82, 2.24) is 15.6 Å². The molecular formula is C17H21N3O8. The van der Waals surface area contributed by atoms with Crippen molar-refractivity contribution in [1.29, 1.82) is 0 Å². The smallest absolute Gasteiger partial charge is 0.407 e. The Hall–Kier alpha value is -3.37. The van der Waals surface area contributed by atoms with Crippen LogP contribution in [0.1, 0.15) is 29.4 Å².